The molecule has 0 aliphatic rings. The van der Waals surface area contributed by atoms with Gasteiger partial charge in [0.2, 0.25) is 0 Å². The molecule has 0 aliphatic heterocycles. The van der Waals surface area contributed by atoms with E-state index in [9.17, 15) is 0 Å². The highest BCUT2D eigenvalue weighted by atomic mass is 32.1. The second kappa shape index (κ2) is 6.86. The Morgan fingerprint density at radius 1 is 1.35 bits per heavy atom. The average molecular weight is 290 g/mol. The average Bonchev–Trinajstić information content (AvgIpc) is 2.88. The second-order valence-electron chi connectivity index (χ2n) is 5.01. The zero-order valence-corrected chi connectivity index (χ0v) is 13.2. The lowest BCUT2D eigenvalue weighted by atomic mass is 9.99. The number of rotatable bonds is 6. The predicted molar refractivity (Wildman–Crippen MR) is 85.6 cm³/mol. The van der Waals surface area contributed by atoms with Crippen molar-refractivity contribution in [3.63, 3.8) is 0 Å². The van der Waals surface area contributed by atoms with Gasteiger partial charge in [0, 0.05) is 17.4 Å². The molecular weight excluding hydrogens is 268 g/mol. The fourth-order valence-electron chi connectivity index (χ4n) is 2.06. The Balaban J connectivity index is 2.42. The van der Waals surface area contributed by atoms with Gasteiger partial charge in [0.1, 0.15) is 5.75 Å². The van der Waals surface area contributed by atoms with E-state index >= 15 is 0 Å². The zero-order valence-electron chi connectivity index (χ0n) is 12.3. The minimum atomic E-state index is 0.492. The van der Waals surface area contributed by atoms with E-state index in [1.54, 1.807) is 11.3 Å². The molecule has 2 N–H and O–H groups in total. The molecular formula is C16H22N2OS. The summed E-state index contributed by atoms with van der Waals surface area (Å²) in [5, 5.41) is 3.17. The second-order valence-corrected chi connectivity index (χ2v) is 5.95. The van der Waals surface area contributed by atoms with Crippen molar-refractivity contribution in [1.29, 1.82) is 0 Å². The number of hydrogen-bond acceptors (Lipinski definition) is 4. The van der Waals surface area contributed by atoms with E-state index in [-0.39, 0.29) is 0 Å². The quantitative estimate of drug-likeness (QED) is 0.879. The van der Waals surface area contributed by atoms with Gasteiger partial charge >= 0.3 is 0 Å². The molecule has 0 saturated carbocycles. The normalized spacial score (nSPS) is 11.1. The maximum Gasteiger partial charge on any atom is 0.128 e. The molecule has 3 nitrogen and oxygen atoms in total. The molecule has 4 heteroatoms. The van der Waals surface area contributed by atoms with Crippen molar-refractivity contribution in [2.75, 3.05) is 13.2 Å². The van der Waals surface area contributed by atoms with E-state index in [2.05, 4.69) is 42.4 Å². The molecule has 2 rings (SSSR count). The molecule has 0 fully saturated rings. The monoisotopic (exact) mass is 290 g/mol. The van der Waals surface area contributed by atoms with E-state index in [1.165, 1.54) is 5.56 Å². The number of nitrogens with zero attached hydrogens (tertiary/aromatic N) is 1. The molecule has 0 bridgehead atoms. The molecule has 1 heterocycles. The van der Waals surface area contributed by atoms with Gasteiger partial charge in [-0.1, -0.05) is 19.9 Å². The molecule has 0 atom stereocenters. The topological polar surface area (TPSA) is 48.1 Å². The Bertz CT molecular complexity index is 563. The summed E-state index contributed by atoms with van der Waals surface area (Å²) in [5.74, 6) is 1.40. The molecule has 108 valence electrons. The van der Waals surface area contributed by atoms with Crippen LogP contribution in [0.5, 0.6) is 5.75 Å². The standard InChI is InChI=1S/C16H22N2OS/c1-4-19-15-6-5-12(11(2)3)9-13(15)14-10-20-16(18-14)7-8-17/h5-6,9-11H,4,7-8,17H2,1-3H3. The van der Waals surface area contributed by atoms with Gasteiger partial charge in [-0.25, -0.2) is 4.98 Å². The molecule has 0 unspecified atom stereocenters. The fourth-order valence-corrected chi connectivity index (χ4v) is 2.88. The Labute approximate surface area is 124 Å². The Morgan fingerprint density at radius 2 is 2.15 bits per heavy atom. The SMILES string of the molecule is CCOc1ccc(C(C)C)cc1-c1csc(CCN)n1. The maximum absolute atomic E-state index is 5.74. The van der Waals surface area contributed by atoms with Gasteiger partial charge in [0.15, 0.2) is 0 Å². The molecule has 0 saturated heterocycles. The van der Waals surface area contributed by atoms with E-state index in [1.807, 2.05) is 6.92 Å². The van der Waals surface area contributed by atoms with Gasteiger partial charge in [0.25, 0.3) is 0 Å². The maximum atomic E-state index is 5.74. The fraction of sp³-hybridized carbons (Fsp3) is 0.438. The largest absolute Gasteiger partial charge is 0.493 e. The van der Waals surface area contributed by atoms with Crippen LogP contribution in [0.3, 0.4) is 0 Å². The summed E-state index contributed by atoms with van der Waals surface area (Å²) in [6.45, 7) is 7.69. The van der Waals surface area contributed by atoms with Crippen LogP contribution < -0.4 is 10.5 Å². The molecule has 0 amide bonds. The van der Waals surface area contributed by atoms with Crippen molar-refractivity contribution in [2.45, 2.75) is 33.1 Å². The predicted octanol–water partition coefficient (Wildman–Crippen LogP) is 3.83. The van der Waals surface area contributed by atoms with Crippen LogP contribution in [0.4, 0.5) is 0 Å². The van der Waals surface area contributed by atoms with Gasteiger partial charge in [0.05, 0.1) is 17.3 Å². The summed E-state index contributed by atoms with van der Waals surface area (Å²) >= 11 is 1.66. The third kappa shape index (κ3) is 3.38. The van der Waals surface area contributed by atoms with Gasteiger partial charge in [-0.2, -0.15) is 0 Å². The van der Waals surface area contributed by atoms with Crippen LogP contribution in [0.2, 0.25) is 0 Å². The molecule has 0 aliphatic carbocycles. The van der Waals surface area contributed by atoms with Crippen molar-refractivity contribution < 1.29 is 4.74 Å². The van der Waals surface area contributed by atoms with Crippen molar-refractivity contribution in [2.24, 2.45) is 5.73 Å². The van der Waals surface area contributed by atoms with E-state index in [0.717, 1.165) is 28.4 Å². The van der Waals surface area contributed by atoms with Gasteiger partial charge < -0.3 is 10.5 Å². The highest BCUT2D eigenvalue weighted by Gasteiger charge is 2.12. The molecule has 2 aromatic rings. The van der Waals surface area contributed by atoms with Crippen LogP contribution in [0, 0.1) is 0 Å². The summed E-state index contributed by atoms with van der Waals surface area (Å²) in [7, 11) is 0. The summed E-state index contributed by atoms with van der Waals surface area (Å²) in [6, 6.07) is 6.37. The van der Waals surface area contributed by atoms with Crippen LogP contribution in [-0.2, 0) is 6.42 Å². The van der Waals surface area contributed by atoms with Gasteiger partial charge in [-0.15, -0.1) is 11.3 Å². The highest BCUT2D eigenvalue weighted by Crippen LogP contribution is 2.33. The van der Waals surface area contributed by atoms with Gasteiger partial charge in [-0.05, 0) is 37.1 Å². The lowest BCUT2D eigenvalue weighted by Crippen LogP contribution is -2.02. The first kappa shape index (κ1) is 15.0. The Hall–Kier alpha value is -1.39. The van der Waals surface area contributed by atoms with Crippen LogP contribution in [0.1, 0.15) is 37.3 Å². The number of hydrogen-bond donors (Lipinski definition) is 1. The van der Waals surface area contributed by atoms with E-state index in [4.69, 9.17) is 10.5 Å². The number of aromatic nitrogens is 1. The van der Waals surface area contributed by atoms with E-state index in [0.29, 0.717) is 19.1 Å². The number of nitrogens with two attached hydrogens (primary N) is 1. The van der Waals surface area contributed by atoms with Crippen LogP contribution in [0.15, 0.2) is 23.6 Å². The third-order valence-electron chi connectivity index (χ3n) is 3.16. The number of thiazole rings is 1. The van der Waals surface area contributed by atoms with Crippen molar-refractivity contribution >= 4 is 11.3 Å². The van der Waals surface area contributed by atoms with Crippen LogP contribution in [0.25, 0.3) is 11.3 Å². The Morgan fingerprint density at radius 3 is 2.80 bits per heavy atom. The first-order chi connectivity index (χ1) is 9.65. The summed E-state index contributed by atoms with van der Waals surface area (Å²) < 4.78 is 5.74. The van der Waals surface area contributed by atoms with Crippen LogP contribution >= 0.6 is 11.3 Å². The Kier molecular flexibility index (Phi) is 5.15. The summed E-state index contributed by atoms with van der Waals surface area (Å²) in [5.41, 5.74) is 8.97. The van der Waals surface area contributed by atoms with Crippen molar-refractivity contribution in [3.05, 3.63) is 34.2 Å². The molecule has 0 spiro atoms. The smallest absolute Gasteiger partial charge is 0.128 e. The van der Waals surface area contributed by atoms with Crippen molar-refractivity contribution in [3.8, 4) is 17.0 Å². The highest BCUT2D eigenvalue weighted by molar-refractivity contribution is 7.09. The van der Waals surface area contributed by atoms with Gasteiger partial charge in [-0.3, -0.25) is 0 Å². The zero-order chi connectivity index (χ0) is 14.5. The number of benzene rings is 1. The first-order valence-electron chi connectivity index (χ1n) is 7.07. The molecule has 20 heavy (non-hydrogen) atoms. The number of ether oxygens (including phenoxy) is 1. The van der Waals surface area contributed by atoms with E-state index < -0.39 is 0 Å². The molecule has 1 aromatic carbocycles. The summed E-state index contributed by atoms with van der Waals surface area (Å²) in [6.07, 6.45) is 0.832. The minimum absolute atomic E-state index is 0.492. The van der Waals surface area contributed by atoms with Crippen LogP contribution in [-0.4, -0.2) is 18.1 Å². The lowest BCUT2D eigenvalue weighted by Gasteiger charge is -2.12. The lowest BCUT2D eigenvalue weighted by molar-refractivity contribution is 0.341. The molecule has 0 radical (unpaired) electrons. The molecule has 1 aromatic heterocycles. The third-order valence-corrected chi connectivity index (χ3v) is 4.06. The first-order valence-corrected chi connectivity index (χ1v) is 7.95. The summed E-state index contributed by atoms with van der Waals surface area (Å²) in [4.78, 5) is 4.67. The van der Waals surface area contributed by atoms with Crippen molar-refractivity contribution in [1.82, 2.24) is 4.98 Å². The minimum Gasteiger partial charge on any atom is -0.493 e.